The first-order valence-corrected chi connectivity index (χ1v) is 11.8. The Morgan fingerprint density at radius 2 is 1.69 bits per heavy atom. The molecule has 2 bridgehead atoms. The molecule has 0 unspecified atom stereocenters. The second-order valence-corrected chi connectivity index (χ2v) is 9.31. The Kier molecular flexibility index (Phi) is 5.09. The van der Waals surface area contributed by atoms with Gasteiger partial charge in [-0.25, -0.2) is 4.79 Å². The molecule has 3 aromatic rings. The van der Waals surface area contributed by atoms with E-state index in [1.165, 1.54) is 12.3 Å². The maximum atomic E-state index is 13.2. The molecule has 2 fully saturated rings. The van der Waals surface area contributed by atoms with Crippen molar-refractivity contribution in [1.82, 2.24) is 4.90 Å². The molecule has 3 heterocycles. The maximum Gasteiger partial charge on any atom is 0.411 e. The minimum absolute atomic E-state index is 0.0125. The molecule has 2 N–H and O–H groups in total. The summed E-state index contributed by atoms with van der Waals surface area (Å²) in [4.78, 5) is 39.1. The van der Waals surface area contributed by atoms with Crippen molar-refractivity contribution in [3.05, 3.63) is 77.7 Å². The van der Waals surface area contributed by atoms with Gasteiger partial charge >= 0.3 is 12.1 Å². The monoisotopic (exact) mass is 472 g/mol. The smallest absolute Gasteiger partial charge is 0.411 e. The number of aliphatic carboxylic acids is 1. The highest BCUT2D eigenvalue weighted by Crippen LogP contribution is 2.45. The minimum atomic E-state index is -0.883. The van der Waals surface area contributed by atoms with Gasteiger partial charge < -0.3 is 19.2 Å². The van der Waals surface area contributed by atoms with Crippen LogP contribution in [0.3, 0.4) is 0 Å². The number of amides is 2. The first-order chi connectivity index (χ1) is 17.0. The molecule has 3 atom stereocenters. The molecule has 2 amide bonds. The average Bonchev–Trinajstić information content (AvgIpc) is 3.64. The van der Waals surface area contributed by atoms with Gasteiger partial charge in [0.25, 0.3) is 5.91 Å². The molecule has 8 heteroatoms. The predicted octanol–water partition coefficient (Wildman–Crippen LogP) is 4.72. The molecule has 2 aromatic carbocycles. The molecule has 2 aliphatic heterocycles. The molecule has 0 saturated carbocycles. The van der Waals surface area contributed by atoms with E-state index in [1.54, 1.807) is 4.90 Å². The molecule has 0 spiro atoms. The van der Waals surface area contributed by atoms with E-state index < -0.39 is 23.9 Å². The second-order valence-electron chi connectivity index (χ2n) is 9.31. The number of anilines is 1. The highest BCUT2D eigenvalue weighted by atomic mass is 16.5. The number of carboxylic acids is 1. The zero-order valence-corrected chi connectivity index (χ0v) is 18.8. The van der Waals surface area contributed by atoms with Crippen LogP contribution in [0.25, 0.3) is 11.1 Å². The topological polar surface area (TPSA) is 109 Å². The van der Waals surface area contributed by atoms with Crippen molar-refractivity contribution in [1.29, 1.82) is 0 Å². The lowest BCUT2D eigenvalue weighted by Gasteiger charge is -2.22. The molecule has 6 rings (SSSR count). The van der Waals surface area contributed by atoms with Crippen LogP contribution >= 0.6 is 0 Å². The largest absolute Gasteiger partial charge is 0.481 e. The lowest BCUT2D eigenvalue weighted by molar-refractivity contribution is -0.142. The fourth-order valence-electron chi connectivity index (χ4n) is 6.01. The molecular weight excluding hydrogens is 448 g/mol. The van der Waals surface area contributed by atoms with Crippen molar-refractivity contribution in [3.8, 4) is 11.1 Å². The molecule has 1 aromatic heterocycles. The highest BCUT2D eigenvalue weighted by Gasteiger charge is 2.52. The van der Waals surface area contributed by atoms with Crippen LogP contribution < -0.4 is 5.32 Å². The zero-order chi connectivity index (χ0) is 24.1. The van der Waals surface area contributed by atoms with E-state index >= 15 is 0 Å². The molecule has 35 heavy (non-hydrogen) atoms. The first-order valence-electron chi connectivity index (χ1n) is 11.8. The quantitative estimate of drug-likeness (QED) is 0.556. The van der Waals surface area contributed by atoms with E-state index in [1.807, 2.05) is 36.4 Å². The molecule has 0 radical (unpaired) electrons. The molecule has 8 nitrogen and oxygen atoms in total. The highest BCUT2D eigenvalue weighted by molar-refractivity contribution is 6.01. The number of carboxylic acid groups (broad SMARTS) is 1. The Bertz CT molecular complexity index is 1280. The van der Waals surface area contributed by atoms with E-state index in [9.17, 15) is 19.5 Å². The molecule has 3 aliphatic rings. The molecule has 2 saturated heterocycles. The van der Waals surface area contributed by atoms with Crippen LogP contribution in [0.5, 0.6) is 0 Å². The van der Waals surface area contributed by atoms with Crippen molar-refractivity contribution in [2.24, 2.45) is 5.92 Å². The fourth-order valence-corrected chi connectivity index (χ4v) is 6.01. The van der Waals surface area contributed by atoms with E-state index in [-0.39, 0.29) is 36.1 Å². The Hall–Kier alpha value is -4.07. The van der Waals surface area contributed by atoms with Crippen molar-refractivity contribution >= 4 is 23.7 Å². The number of carbonyl (C=O) groups is 3. The first kappa shape index (κ1) is 21.5. The number of hydrogen-bond donors (Lipinski definition) is 2. The predicted molar refractivity (Wildman–Crippen MR) is 126 cm³/mol. The summed E-state index contributed by atoms with van der Waals surface area (Å²) in [5.41, 5.74) is 4.71. The number of hydrogen-bond acceptors (Lipinski definition) is 5. The summed E-state index contributed by atoms with van der Waals surface area (Å²) in [6, 6.07) is 17.2. The van der Waals surface area contributed by atoms with Crippen LogP contribution in [0.4, 0.5) is 10.5 Å². The van der Waals surface area contributed by atoms with Crippen LogP contribution in [0.1, 0.15) is 46.9 Å². The van der Waals surface area contributed by atoms with Crippen LogP contribution in [0.15, 0.2) is 65.3 Å². The van der Waals surface area contributed by atoms with Crippen molar-refractivity contribution < 1.29 is 28.6 Å². The lowest BCUT2D eigenvalue weighted by atomic mass is 9.89. The second kappa shape index (κ2) is 8.30. The van der Waals surface area contributed by atoms with Crippen molar-refractivity contribution in [2.45, 2.75) is 37.3 Å². The third-order valence-corrected chi connectivity index (χ3v) is 7.53. The summed E-state index contributed by atoms with van der Waals surface area (Å²) in [5, 5.41) is 12.1. The Morgan fingerprint density at radius 1 is 1.00 bits per heavy atom. The van der Waals surface area contributed by atoms with Crippen LogP contribution in [-0.4, -0.2) is 46.7 Å². The number of fused-ring (bicyclic) bond motifs is 5. The number of benzene rings is 2. The standard InChI is InChI=1S/C27H24N2O6/c30-25(29-15-9-10-23(29)20(13-15)26(31)32)24-22(11-12-34-24)28-27(33)35-14-21-18-7-3-1-5-16(18)17-6-2-4-8-19(17)21/h1-8,11-12,15,20-21,23H,9-10,13-14H2,(H,28,33)(H,31,32)/t15-,20+,23+/m0/s1. The van der Waals surface area contributed by atoms with E-state index in [0.717, 1.165) is 28.7 Å². The summed E-state index contributed by atoms with van der Waals surface area (Å²) in [5.74, 6) is -1.94. The van der Waals surface area contributed by atoms with Crippen LogP contribution in [-0.2, 0) is 9.53 Å². The number of nitrogens with zero attached hydrogens (tertiary/aromatic N) is 1. The summed E-state index contributed by atoms with van der Waals surface area (Å²) < 4.78 is 11.0. The Morgan fingerprint density at radius 3 is 2.34 bits per heavy atom. The van der Waals surface area contributed by atoms with Gasteiger partial charge in [0.05, 0.1) is 17.9 Å². The molecule has 178 valence electrons. The maximum absolute atomic E-state index is 13.2. The number of nitrogens with one attached hydrogen (secondary N) is 1. The normalized spacial score (nSPS) is 22.1. The summed E-state index contributed by atoms with van der Waals surface area (Å²) in [7, 11) is 0. The van der Waals surface area contributed by atoms with Gasteiger partial charge in [0, 0.05) is 24.1 Å². The average molecular weight is 472 g/mol. The number of rotatable bonds is 5. The molecule has 1 aliphatic carbocycles. The number of furan rings is 1. The third kappa shape index (κ3) is 3.48. The Balaban J connectivity index is 1.15. The van der Waals surface area contributed by atoms with Gasteiger partial charge in [0.15, 0.2) is 0 Å². The van der Waals surface area contributed by atoms with E-state index in [2.05, 4.69) is 17.4 Å². The van der Waals surface area contributed by atoms with Gasteiger partial charge in [-0.2, -0.15) is 0 Å². The Labute approximate surface area is 201 Å². The third-order valence-electron chi connectivity index (χ3n) is 7.53. The summed E-state index contributed by atoms with van der Waals surface area (Å²) in [6.45, 7) is 0.150. The van der Waals surface area contributed by atoms with Crippen molar-refractivity contribution in [2.75, 3.05) is 11.9 Å². The summed E-state index contributed by atoms with van der Waals surface area (Å²) in [6.07, 6.45) is 2.52. The van der Waals surface area contributed by atoms with Gasteiger partial charge in [-0.05, 0) is 41.5 Å². The van der Waals surface area contributed by atoms with Crippen LogP contribution in [0.2, 0.25) is 0 Å². The SMILES string of the molecule is O=C(Nc1ccoc1C(=O)N1[C@H]2CC[C@@H]1[C@H](C(=O)O)C2)OCC1c2ccccc2-c2ccccc21. The summed E-state index contributed by atoms with van der Waals surface area (Å²) >= 11 is 0. The van der Waals surface area contributed by atoms with Gasteiger partial charge in [0.2, 0.25) is 5.76 Å². The zero-order valence-electron chi connectivity index (χ0n) is 18.8. The van der Waals surface area contributed by atoms with E-state index in [0.29, 0.717) is 12.8 Å². The van der Waals surface area contributed by atoms with Gasteiger partial charge in [-0.1, -0.05) is 48.5 Å². The van der Waals surface area contributed by atoms with Crippen LogP contribution in [0, 0.1) is 5.92 Å². The van der Waals surface area contributed by atoms with E-state index in [4.69, 9.17) is 9.15 Å². The van der Waals surface area contributed by atoms with Crippen molar-refractivity contribution in [3.63, 3.8) is 0 Å². The number of carbonyl (C=O) groups excluding carboxylic acids is 2. The lowest BCUT2D eigenvalue weighted by Crippen LogP contribution is -2.38. The number of ether oxygens (including phenoxy) is 1. The van der Waals surface area contributed by atoms with Gasteiger partial charge in [0.1, 0.15) is 6.61 Å². The molecular formula is C27H24N2O6. The minimum Gasteiger partial charge on any atom is -0.481 e. The fraction of sp³-hybridized carbons (Fsp3) is 0.296. The van der Waals surface area contributed by atoms with Gasteiger partial charge in [-0.15, -0.1) is 0 Å². The van der Waals surface area contributed by atoms with Gasteiger partial charge in [-0.3, -0.25) is 14.9 Å².